The van der Waals surface area contributed by atoms with Crippen molar-refractivity contribution < 1.29 is 29.3 Å². The number of aromatic hydroxyl groups is 2. The van der Waals surface area contributed by atoms with Gasteiger partial charge < -0.3 is 25.0 Å². The molecule has 0 aliphatic heterocycles. The SMILES string of the molecule is COc1cc(O)cc(OC)c1/C=N/NC(=O)CCCCCC(=O)Nc1ccccc1O. The Morgan fingerprint density at radius 2 is 1.58 bits per heavy atom. The molecule has 4 N–H and O–H groups in total. The minimum atomic E-state index is -0.258. The predicted molar refractivity (Wildman–Crippen MR) is 117 cm³/mol. The number of methoxy groups -OCH3 is 2. The third kappa shape index (κ3) is 7.54. The van der Waals surface area contributed by atoms with Gasteiger partial charge in [-0.25, -0.2) is 5.43 Å². The predicted octanol–water partition coefficient (Wildman–Crippen LogP) is 3.15. The molecular formula is C22H27N3O6. The van der Waals surface area contributed by atoms with Crippen LogP contribution in [0.4, 0.5) is 5.69 Å². The third-order valence-electron chi connectivity index (χ3n) is 4.40. The van der Waals surface area contributed by atoms with Crippen LogP contribution in [0.2, 0.25) is 0 Å². The number of hydrogen-bond donors (Lipinski definition) is 4. The van der Waals surface area contributed by atoms with Crippen molar-refractivity contribution >= 4 is 23.7 Å². The van der Waals surface area contributed by atoms with Crippen LogP contribution in [0.1, 0.15) is 37.7 Å². The quantitative estimate of drug-likeness (QED) is 0.188. The van der Waals surface area contributed by atoms with E-state index in [0.29, 0.717) is 48.4 Å². The van der Waals surface area contributed by atoms with E-state index in [4.69, 9.17) is 9.47 Å². The van der Waals surface area contributed by atoms with Gasteiger partial charge in [-0.15, -0.1) is 0 Å². The van der Waals surface area contributed by atoms with Crippen molar-refractivity contribution in [2.24, 2.45) is 5.10 Å². The Labute approximate surface area is 180 Å². The van der Waals surface area contributed by atoms with Crippen LogP contribution in [0.25, 0.3) is 0 Å². The van der Waals surface area contributed by atoms with Crippen molar-refractivity contribution in [1.29, 1.82) is 0 Å². The first-order valence-electron chi connectivity index (χ1n) is 9.79. The zero-order valence-corrected chi connectivity index (χ0v) is 17.6. The van der Waals surface area contributed by atoms with Gasteiger partial charge >= 0.3 is 0 Å². The second-order valence-electron chi connectivity index (χ2n) is 6.68. The molecule has 0 saturated carbocycles. The minimum absolute atomic E-state index is 0.0101. The molecule has 31 heavy (non-hydrogen) atoms. The summed E-state index contributed by atoms with van der Waals surface area (Å²) in [5.41, 5.74) is 3.30. The van der Waals surface area contributed by atoms with Crippen LogP contribution >= 0.6 is 0 Å². The van der Waals surface area contributed by atoms with Crippen molar-refractivity contribution in [3.05, 3.63) is 42.0 Å². The molecule has 0 atom stereocenters. The van der Waals surface area contributed by atoms with Gasteiger partial charge in [-0.05, 0) is 25.0 Å². The Balaban J connectivity index is 1.70. The lowest BCUT2D eigenvalue weighted by Crippen LogP contribution is -2.17. The lowest BCUT2D eigenvalue weighted by atomic mass is 10.1. The molecule has 0 spiro atoms. The molecule has 2 amide bonds. The zero-order valence-electron chi connectivity index (χ0n) is 17.6. The normalized spacial score (nSPS) is 10.6. The smallest absolute Gasteiger partial charge is 0.240 e. The van der Waals surface area contributed by atoms with Gasteiger partial charge in [-0.3, -0.25) is 9.59 Å². The summed E-state index contributed by atoms with van der Waals surface area (Å²) in [4.78, 5) is 23.8. The van der Waals surface area contributed by atoms with E-state index in [1.807, 2.05) is 0 Å². The summed E-state index contributed by atoms with van der Waals surface area (Å²) in [6.07, 6.45) is 3.88. The Morgan fingerprint density at radius 1 is 0.968 bits per heavy atom. The molecule has 0 saturated heterocycles. The van der Waals surface area contributed by atoms with E-state index >= 15 is 0 Å². The fourth-order valence-electron chi connectivity index (χ4n) is 2.82. The van der Waals surface area contributed by atoms with Crippen LogP contribution in [0.3, 0.4) is 0 Å². The minimum Gasteiger partial charge on any atom is -0.508 e. The van der Waals surface area contributed by atoms with Crippen LogP contribution in [-0.4, -0.2) is 42.5 Å². The van der Waals surface area contributed by atoms with Crippen molar-refractivity contribution in [2.75, 3.05) is 19.5 Å². The monoisotopic (exact) mass is 429 g/mol. The number of unbranched alkanes of at least 4 members (excludes halogenated alkanes) is 2. The number of carbonyl (C=O) groups is 2. The molecule has 0 aliphatic carbocycles. The standard InChI is InChI=1S/C22H27N3O6/c1-30-19-12-15(26)13-20(31-2)16(19)14-23-25-22(29)11-5-3-4-10-21(28)24-17-8-6-7-9-18(17)27/h6-9,12-14,26-27H,3-5,10-11H2,1-2H3,(H,24,28)(H,25,29)/b23-14+. The second-order valence-corrected chi connectivity index (χ2v) is 6.68. The molecule has 2 rings (SSSR count). The maximum absolute atomic E-state index is 11.9. The zero-order chi connectivity index (χ0) is 22.6. The highest BCUT2D eigenvalue weighted by Crippen LogP contribution is 2.32. The first-order chi connectivity index (χ1) is 14.9. The van der Waals surface area contributed by atoms with Gasteiger partial charge in [0.2, 0.25) is 11.8 Å². The summed E-state index contributed by atoms with van der Waals surface area (Å²) in [5.74, 6) is 0.285. The van der Waals surface area contributed by atoms with Crippen LogP contribution in [0.15, 0.2) is 41.5 Å². The van der Waals surface area contributed by atoms with Crippen LogP contribution in [-0.2, 0) is 9.59 Å². The highest BCUT2D eigenvalue weighted by Gasteiger charge is 2.11. The second kappa shape index (κ2) is 12.1. The maximum atomic E-state index is 11.9. The van der Waals surface area contributed by atoms with E-state index in [1.54, 1.807) is 18.2 Å². The van der Waals surface area contributed by atoms with E-state index in [9.17, 15) is 19.8 Å². The molecular weight excluding hydrogens is 402 g/mol. The molecule has 0 aromatic heterocycles. The molecule has 0 heterocycles. The Kier molecular flexibility index (Phi) is 9.15. The molecule has 0 fully saturated rings. The number of para-hydroxylation sites is 2. The molecule has 166 valence electrons. The van der Waals surface area contributed by atoms with Crippen LogP contribution in [0.5, 0.6) is 23.0 Å². The van der Waals surface area contributed by atoms with E-state index in [2.05, 4.69) is 15.8 Å². The molecule has 2 aromatic carbocycles. The van der Waals surface area contributed by atoms with Crippen LogP contribution in [0, 0.1) is 0 Å². The molecule has 2 aromatic rings. The summed E-state index contributed by atoms with van der Waals surface area (Å²) in [7, 11) is 2.90. The summed E-state index contributed by atoms with van der Waals surface area (Å²) < 4.78 is 10.4. The molecule has 9 nitrogen and oxygen atoms in total. The first-order valence-corrected chi connectivity index (χ1v) is 9.79. The van der Waals surface area contributed by atoms with Gasteiger partial charge in [-0.1, -0.05) is 18.6 Å². The molecule has 0 unspecified atom stereocenters. The van der Waals surface area contributed by atoms with E-state index in [1.165, 1.54) is 38.6 Å². The van der Waals surface area contributed by atoms with E-state index in [0.717, 1.165) is 0 Å². The number of carbonyl (C=O) groups excluding carboxylic acids is 2. The Hall–Kier alpha value is -3.75. The number of phenolic OH excluding ortho intramolecular Hbond substituents is 2. The lowest BCUT2D eigenvalue weighted by molar-refractivity contribution is -0.121. The average Bonchev–Trinajstić information content (AvgIpc) is 2.75. The summed E-state index contributed by atoms with van der Waals surface area (Å²) in [6, 6.07) is 9.37. The number of rotatable bonds is 11. The van der Waals surface area contributed by atoms with Crippen molar-refractivity contribution in [3.63, 3.8) is 0 Å². The first kappa shape index (κ1) is 23.5. The summed E-state index contributed by atoms with van der Waals surface area (Å²) in [6.45, 7) is 0. The fourth-order valence-corrected chi connectivity index (χ4v) is 2.82. The number of hydrogen-bond acceptors (Lipinski definition) is 7. The largest absolute Gasteiger partial charge is 0.508 e. The number of benzene rings is 2. The van der Waals surface area contributed by atoms with Gasteiger partial charge in [0.05, 0.1) is 31.7 Å². The molecule has 0 radical (unpaired) electrons. The van der Waals surface area contributed by atoms with Gasteiger partial charge in [0, 0.05) is 25.0 Å². The average molecular weight is 429 g/mol. The van der Waals surface area contributed by atoms with Gasteiger partial charge in [0.25, 0.3) is 0 Å². The van der Waals surface area contributed by atoms with Gasteiger partial charge in [0.1, 0.15) is 23.0 Å². The summed E-state index contributed by atoms with van der Waals surface area (Å²) in [5, 5.41) is 25.9. The topological polar surface area (TPSA) is 129 Å². The van der Waals surface area contributed by atoms with Gasteiger partial charge in [0.15, 0.2) is 0 Å². The highest BCUT2D eigenvalue weighted by molar-refractivity contribution is 5.92. The molecule has 9 heteroatoms. The number of amides is 2. The molecule has 0 aliphatic rings. The number of hydrazone groups is 1. The van der Waals surface area contributed by atoms with E-state index in [-0.39, 0.29) is 29.7 Å². The summed E-state index contributed by atoms with van der Waals surface area (Å²) >= 11 is 0. The van der Waals surface area contributed by atoms with E-state index < -0.39 is 0 Å². The third-order valence-corrected chi connectivity index (χ3v) is 4.40. The number of phenols is 2. The number of ether oxygens (including phenoxy) is 2. The number of nitrogens with one attached hydrogen (secondary N) is 2. The van der Waals surface area contributed by atoms with Crippen molar-refractivity contribution in [2.45, 2.75) is 32.1 Å². The molecule has 0 bridgehead atoms. The maximum Gasteiger partial charge on any atom is 0.240 e. The highest BCUT2D eigenvalue weighted by atomic mass is 16.5. The van der Waals surface area contributed by atoms with Crippen molar-refractivity contribution in [1.82, 2.24) is 5.43 Å². The number of nitrogens with zero attached hydrogens (tertiary/aromatic N) is 1. The fraction of sp³-hybridized carbons (Fsp3) is 0.318. The Bertz CT molecular complexity index is 904. The van der Waals surface area contributed by atoms with Gasteiger partial charge in [-0.2, -0.15) is 5.10 Å². The Morgan fingerprint density at radius 3 is 2.19 bits per heavy atom. The number of anilines is 1. The van der Waals surface area contributed by atoms with Crippen LogP contribution < -0.4 is 20.2 Å². The lowest BCUT2D eigenvalue weighted by Gasteiger charge is -2.10. The van der Waals surface area contributed by atoms with Crippen molar-refractivity contribution in [3.8, 4) is 23.0 Å².